The summed E-state index contributed by atoms with van der Waals surface area (Å²) in [6.07, 6.45) is 4.94. The van der Waals surface area contributed by atoms with Crippen molar-refractivity contribution in [3.63, 3.8) is 0 Å². The second-order valence-electron chi connectivity index (χ2n) is 9.45. The number of carboxylic acid groups (broad SMARTS) is 1. The van der Waals surface area contributed by atoms with Gasteiger partial charge in [0.25, 0.3) is 5.91 Å². The fraction of sp³-hybridized carbons (Fsp3) is 0.267. The zero-order chi connectivity index (χ0) is 25.8. The van der Waals surface area contributed by atoms with E-state index in [1.807, 2.05) is 42.5 Å². The molecule has 3 aromatic carbocycles. The standard InChI is InChI=1S/C30H28ClN3O3/c31-22-15-12-20(13-16-22)29-26(9-3-4-11-28(35)36)32-27-18-21(14-17-25(27)33-29)30(37)34-24-10-5-7-19-6-1-2-8-23(19)24/h1-2,6,8,12-18,24H,3-5,7,9-11H2,(H,34,37)(H,35,36)/t24-/m0/s1. The summed E-state index contributed by atoms with van der Waals surface area (Å²) in [6, 6.07) is 21.1. The monoisotopic (exact) mass is 513 g/mol. The molecule has 0 radical (unpaired) electrons. The number of nitrogens with zero attached hydrogens (tertiary/aromatic N) is 2. The molecule has 0 unspecified atom stereocenters. The number of hydrogen-bond acceptors (Lipinski definition) is 4. The minimum atomic E-state index is -0.807. The minimum Gasteiger partial charge on any atom is -0.481 e. The van der Waals surface area contributed by atoms with Crippen LogP contribution < -0.4 is 5.32 Å². The summed E-state index contributed by atoms with van der Waals surface area (Å²) < 4.78 is 0. The average Bonchev–Trinajstić information content (AvgIpc) is 2.91. The lowest BCUT2D eigenvalue weighted by atomic mass is 9.87. The lowest BCUT2D eigenvalue weighted by Crippen LogP contribution is -2.31. The predicted molar refractivity (Wildman–Crippen MR) is 145 cm³/mol. The van der Waals surface area contributed by atoms with Gasteiger partial charge >= 0.3 is 5.97 Å². The minimum absolute atomic E-state index is 0.00342. The SMILES string of the molecule is O=C(O)CCCCc1nc2cc(C(=O)N[C@H]3CCCc4ccccc43)ccc2nc1-c1ccc(Cl)cc1. The molecule has 0 aliphatic heterocycles. The molecule has 1 aliphatic rings. The smallest absolute Gasteiger partial charge is 0.303 e. The third-order valence-electron chi connectivity index (χ3n) is 6.85. The zero-order valence-corrected chi connectivity index (χ0v) is 21.2. The Kier molecular flexibility index (Phi) is 7.47. The Balaban J connectivity index is 1.43. The Morgan fingerprint density at radius 3 is 2.59 bits per heavy atom. The first kappa shape index (κ1) is 24.9. The molecule has 37 heavy (non-hydrogen) atoms. The molecule has 1 atom stereocenters. The van der Waals surface area contributed by atoms with Crippen LogP contribution in [-0.2, 0) is 17.6 Å². The Bertz CT molecular complexity index is 1450. The van der Waals surface area contributed by atoms with E-state index in [4.69, 9.17) is 26.7 Å². The van der Waals surface area contributed by atoms with Crippen molar-refractivity contribution in [3.8, 4) is 11.3 Å². The van der Waals surface area contributed by atoms with Crippen LogP contribution >= 0.6 is 11.6 Å². The molecular formula is C30H28ClN3O3. The van der Waals surface area contributed by atoms with E-state index in [0.717, 1.165) is 36.2 Å². The Morgan fingerprint density at radius 2 is 1.78 bits per heavy atom. The Morgan fingerprint density at radius 1 is 0.973 bits per heavy atom. The summed E-state index contributed by atoms with van der Waals surface area (Å²) in [5, 5.41) is 12.8. The molecule has 0 fully saturated rings. The van der Waals surface area contributed by atoms with Gasteiger partial charge < -0.3 is 10.4 Å². The molecule has 6 nitrogen and oxygen atoms in total. The van der Waals surface area contributed by atoms with Gasteiger partial charge in [0.05, 0.1) is 28.5 Å². The number of nitrogens with one attached hydrogen (secondary N) is 1. The number of rotatable bonds is 8. The normalized spacial score (nSPS) is 14.8. The highest BCUT2D eigenvalue weighted by molar-refractivity contribution is 6.30. The van der Waals surface area contributed by atoms with Crippen LogP contribution in [0.15, 0.2) is 66.7 Å². The van der Waals surface area contributed by atoms with Crippen molar-refractivity contribution in [3.05, 3.63) is 94.1 Å². The van der Waals surface area contributed by atoms with Gasteiger partial charge in [-0.1, -0.05) is 48.0 Å². The number of carboxylic acids is 1. The maximum absolute atomic E-state index is 13.2. The highest BCUT2D eigenvalue weighted by atomic mass is 35.5. The van der Waals surface area contributed by atoms with Gasteiger partial charge in [-0.05, 0) is 80.0 Å². The summed E-state index contributed by atoms with van der Waals surface area (Å²) in [6.45, 7) is 0. The van der Waals surface area contributed by atoms with Gasteiger partial charge in [-0.15, -0.1) is 0 Å². The lowest BCUT2D eigenvalue weighted by Gasteiger charge is -2.26. The molecule has 0 bridgehead atoms. The first-order valence-electron chi connectivity index (χ1n) is 12.6. The number of carbonyl (C=O) groups excluding carboxylic acids is 1. The number of benzene rings is 3. The van der Waals surface area contributed by atoms with Crippen molar-refractivity contribution >= 4 is 34.5 Å². The van der Waals surface area contributed by atoms with Crippen molar-refractivity contribution < 1.29 is 14.7 Å². The molecular weight excluding hydrogens is 486 g/mol. The van der Waals surface area contributed by atoms with Gasteiger partial charge in [0, 0.05) is 22.6 Å². The fourth-order valence-electron chi connectivity index (χ4n) is 4.96. The predicted octanol–water partition coefficient (Wildman–Crippen LogP) is 6.56. The molecule has 7 heteroatoms. The molecule has 188 valence electrons. The van der Waals surface area contributed by atoms with Gasteiger partial charge in [-0.2, -0.15) is 0 Å². The highest BCUT2D eigenvalue weighted by Crippen LogP contribution is 2.30. The van der Waals surface area contributed by atoms with E-state index in [0.29, 0.717) is 40.9 Å². The van der Waals surface area contributed by atoms with Gasteiger partial charge in [-0.25, -0.2) is 9.97 Å². The molecule has 1 aromatic heterocycles. The summed E-state index contributed by atoms with van der Waals surface area (Å²) in [5.41, 5.74) is 6.78. The van der Waals surface area contributed by atoms with E-state index in [1.54, 1.807) is 12.1 Å². The van der Waals surface area contributed by atoms with Gasteiger partial charge in [0.2, 0.25) is 0 Å². The number of aryl methyl sites for hydroxylation is 2. The van der Waals surface area contributed by atoms with Crippen LogP contribution in [0.4, 0.5) is 0 Å². The van der Waals surface area contributed by atoms with Crippen molar-refractivity contribution in [2.24, 2.45) is 0 Å². The van der Waals surface area contributed by atoms with E-state index in [9.17, 15) is 9.59 Å². The number of halogens is 1. The molecule has 5 rings (SSSR count). The van der Waals surface area contributed by atoms with E-state index in [-0.39, 0.29) is 18.4 Å². The molecule has 1 aliphatic carbocycles. The fourth-order valence-corrected chi connectivity index (χ4v) is 5.09. The van der Waals surface area contributed by atoms with Crippen molar-refractivity contribution in [1.29, 1.82) is 0 Å². The average molecular weight is 514 g/mol. The topological polar surface area (TPSA) is 92.2 Å². The first-order valence-corrected chi connectivity index (χ1v) is 13.0. The number of hydrogen-bond donors (Lipinski definition) is 2. The summed E-state index contributed by atoms with van der Waals surface area (Å²) in [5.74, 6) is -0.936. The Labute approximate surface area is 220 Å². The number of aliphatic carboxylic acids is 1. The third kappa shape index (κ3) is 5.81. The summed E-state index contributed by atoms with van der Waals surface area (Å²) in [4.78, 5) is 33.9. The molecule has 2 N–H and O–H groups in total. The van der Waals surface area contributed by atoms with Crippen LogP contribution in [0, 0.1) is 0 Å². The van der Waals surface area contributed by atoms with Crippen molar-refractivity contribution in [1.82, 2.24) is 15.3 Å². The molecule has 0 saturated heterocycles. The van der Waals surface area contributed by atoms with Crippen LogP contribution in [0.5, 0.6) is 0 Å². The second kappa shape index (κ2) is 11.1. The second-order valence-corrected chi connectivity index (χ2v) is 9.88. The van der Waals surface area contributed by atoms with E-state index >= 15 is 0 Å². The van der Waals surface area contributed by atoms with Gasteiger partial charge in [0.15, 0.2) is 0 Å². The maximum Gasteiger partial charge on any atom is 0.303 e. The van der Waals surface area contributed by atoms with Crippen molar-refractivity contribution in [2.75, 3.05) is 0 Å². The van der Waals surface area contributed by atoms with Gasteiger partial charge in [0.1, 0.15) is 0 Å². The summed E-state index contributed by atoms with van der Waals surface area (Å²) >= 11 is 6.08. The molecule has 0 spiro atoms. The summed E-state index contributed by atoms with van der Waals surface area (Å²) in [7, 11) is 0. The Hall–Kier alpha value is -3.77. The van der Waals surface area contributed by atoms with Crippen LogP contribution in [0.25, 0.3) is 22.3 Å². The molecule has 1 heterocycles. The molecule has 4 aromatic rings. The number of unbranched alkanes of at least 4 members (excludes halogenated alkanes) is 1. The van der Waals surface area contributed by atoms with Crippen LogP contribution in [-0.4, -0.2) is 27.0 Å². The number of amides is 1. The molecule has 1 amide bonds. The highest BCUT2D eigenvalue weighted by Gasteiger charge is 2.22. The number of carbonyl (C=O) groups is 2. The quantitative estimate of drug-likeness (QED) is 0.260. The van der Waals surface area contributed by atoms with Crippen LogP contribution in [0.2, 0.25) is 5.02 Å². The van der Waals surface area contributed by atoms with Crippen LogP contribution in [0.3, 0.4) is 0 Å². The third-order valence-corrected chi connectivity index (χ3v) is 7.10. The van der Waals surface area contributed by atoms with E-state index in [2.05, 4.69) is 17.4 Å². The maximum atomic E-state index is 13.2. The van der Waals surface area contributed by atoms with Gasteiger partial charge in [-0.3, -0.25) is 9.59 Å². The first-order chi connectivity index (χ1) is 18.0. The van der Waals surface area contributed by atoms with E-state index < -0.39 is 5.97 Å². The number of fused-ring (bicyclic) bond motifs is 2. The van der Waals surface area contributed by atoms with Crippen LogP contribution in [0.1, 0.15) is 65.3 Å². The molecule has 0 saturated carbocycles. The van der Waals surface area contributed by atoms with Crippen molar-refractivity contribution in [2.45, 2.75) is 51.0 Å². The van der Waals surface area contributed by atoms with E-state index in [1.165, 1.54) is 11.1 Å². The zero-order valence-electron chi connectivity index (χ0n) is 20.4. The lowest BCUT2D eigenvalue weighted by molar-refractivity contribution is -0.137. The largest absolute Gasteiger partial charge is 0.481 e. The number of aromatic nitrogens is 2.